The van der Waals surface area contributed by atoms with Gasteiger partial charge in [0.1, 0.15) is 11.2 Å². The fraction of sp³-hybridized carbons (Fsp3) is 0. The Hall–Kier alpha value is -1.36. The molecule has 8 heteroatoms. The molecular formula is C5H4MoN4O3. The van der Waals surface area contributed by atoms with E-state index in [2.05, 4.69) is 15.0 Å². The summed E-state index contributed by atoms with van der Waals surface area (Å²) in [6.45, 7) is 0. The second-order valence-corrected chi connectivity index (χ2v) is 2.24. The van der Waals surface area contributed by atoms with E-state index in [1.54, 1.807) is 0 Å². The number of hydrogen-bond donors (Lipinski definition) is 4. The van der Waals surface area contributed by atoms with Gasteiger partial charge in [-0.2, -0.15) is 0 Å². The fourth-order valence-corrected chi connectivity index (χ4v) is 0.958. The molecule has 0 fully saturated rings. The molecule has 68 valence electrons. The fourth-order valence-electron chi connectivity index (χ4n) is 0.958. The SMILES string of the molecule is O=c1[nH]c(=O)c2[nH]c(=O)[nH]c2[nH]1.[Mo]. The van der Waals surface area contributed by atoms with Crippen LogP contribution in [0.4, 0.5) is 0 Å². The van der Waals surface area contributed by atoms with E-state index in [1.165, 1.54) is 0 Å². The minimum Gasteiger partial charge on any atom is -0.300 e. The minimum atomic E-state index is -0.650. The molecule has 13 heavy (non-hydrogen) atoms. The molecule has 0 unspecified atom stereocenters. The number of hydrogen-bond acceptors (Lipinski definition) is 3. The maximum atomic E-state index is 10.9. The Kier molecular flexibility index (Phi) is 2.38. The first kappa shape index (κ1) is 9.72. The van der Waals surface area contributed by atoms with Gasteiger partial charge in [0.25, 0.3) is 5.56 Å². The van der Waals surface area contributed by atoms with E-state index < -0.39 is 16.9 Å². The van der Waals surface area contributed by atoms with E-state index in [-0.39, 0.29) is 32.2 Å². The average Bonchev–Trinajstić information content (AvgIpc) is 2.29. The predicted octanol–water partition coefficient (Wildman–Crippen LogP) is -1.77. The standard InChI is InChI=1S/C5H4N4O3.Mo/c10-3-1-2(7-4(11)6-1)8-5(12)9-3;/h(H4,6,7,8,9,10,11,12);. The average molecular weight is 264 g/mol. The summed E-state index contributed by atoms with van der Waals surface area (Å²) in [6, 6.07) is 0. The smallest absolute Gasteiger partial charge is 0.300 e. The summed E-state index contributed by atoms with van der Waals surface area (Å²) in [4.78, 5) is 41.0. The van der Waals surface area contributed by atoms with Gasteiger partial charge >= 0.3 is 11.4 Å². The van der Waals surface area contributed by atoms with E-state index in [0.717, 1.165) is 0 Å². The van der Waals surface area contributed by atoms with Gasteiger partial charge in [-0.15, -0.1) is 0 Å². The largest absolute Gasteiger partial charge is 0.327 e. The van der Waals surface area contributed by atoms with Crippen LogP contribution in [0, 0.1) is 0 Å². The van der Waals surface area contributed by atoms with Crippen LogP contribution in [-0.4, -0.2) is 19.9 Å². The van der Waals surface area contributed by atoms with Gasteiger partial charge in [-0.25, -0.2) is 9.59 Å². The Morgan fingerprint density at radius 3 is 1.92 bits per heavy atom. The second-order valence-electron chi connectivity index (χ2n) is 2.24. The van der Waals surface area contributed by atoms with Crippen molar-refractivity contribution in [3.05, 3.63) is 31.3 Å². The van der Waals surface area contributed by atoms with E-state index >= 15 is 0 Å². The van der Waals surface area contributed by atoms with E-state index in [1.807, 2.05) is 4.98 Å². The number of fused-ring (bicyclic) bond motifs is 1. The van der Waals surface area contributed by atoms with Crippen LogP contribution in [-0.2, 0) is 21.1 Å². The van der Waals surface area contributed by atoms with Crippen LogP contribution in [0.15, 0.2) is 14.4 Å². The minimum absolute atomic E-state index is 0. The van der Waals surface area contributed by atoms with Crippen molar-refractivity contribution < 1.29 is 21.1 Å². The third-order valence-electron chi connectivity index (χ3n) is 1.42. The van der Waals surface area contributed by atoms with Gasteiger partial charge in [0.2, 0.25) is 0 Å². The van der Waals surface area contributed by atoms with Crippen LogP contribution in [0.5, 0.6) is 0 Å². The summed E-state index contributed by atoms with van der Waals surface area (Å²) in [5, 5.41) is 0. The second kappa shape index (κ2) is 3.18. The Morgan fingerprint density at radius 1 is 0.769 bits per heavy atom. The normalized spacial score (nSPS) is 9.85. The van der Waals surface area contributed by atoms with Crippen molar-refractivity contribution >= 4 is 11.2 Å². The molecule has 0 amide bonds. The molecule has 0 radical (unpaired) electrons. The van der Waals surface area contributed by atoms with Crippen molar-refractivity contribution in [2.45, 2.75) is 0 Å². The molecule has 0 atom stereocenters. The molecule has 2 rings (SSSR count). The first-order valence-corrected chi connectivity index (χ1v) is 3.11. The zero-order chi connectivity index (χ0) is 8.72. The maximum Gasteiger partial charge on any atom is 0.327 e. The third kappa shape index (κ3) is 1.55. The molecule has 0 aliphatic rings. The van der Waals surface area contributed by atoms with Crippen molar-refractivity contribution in [2.24, 2.45) is 0 Å². The van der Waals surface area contributed by atoms with E-state index in [0.29, 0.717) is 0 Å². The number of aromatic amines is 4. The van der Waals surface area contributed by atoms with Crippen LogP contribution in [0.3, 0.4) is 0 Å². The molecule has 2 heterocycles. The van der Waals surface area contributed by atoms with Crippen molar-refractivity contribution in [1.29, 1.82) is 0 Å². The summed E-state index contributed by atoms with van der Waals surface area (Å²) < 4.78 is 0. The molecule has 0 saturated carbocycles. The Labute approximate surface area is 83.9 Å². The molecule has 4 N–H and O–H groups in total. The van der Waals surface area contributed by atoms with Gasteiger partial charge in [0.15, 0.2) is 0 Å². The first-order chi connectivity index (χ1) is 5.66. The van der Waals surface area contributed by atoms with Crippen LogP contribution in [0.25, 0.3) is 11.2 Å². The quantitative estimate of drug-likeness (QED) is 0.422. The molecule has 0 aromatic carbocycles. The Bertz CT molecular complexity index is 588. The molecule has 0 aliphatic heterocycles. The van der Waals surface area contributed by atoms with Gasteiger partial charge in [-0.1, -0.05) is 0 Å². The van der Waals surface area contributed by atoms with E-state index in [9.17, 15) is 14.4 Å². The van der Waals surface area contributed by atoms with Crippen LogP contribution < -0.4 is 16.9 Å². The van der Waals surface area contributed by atoms with Gasteiger partial charge in [-0.05, 0) is 0 Å². The summed E-state index contributed by atoms with van der Waals surface area (Å²) in [5.74, 6) is 0. The summed E-state index contributed by atoms with van der Waals surface area (Å²) >= 11 is 0. The molecule has 0 bridgehead atoms. The summed E-state index contributed by atoms with van der Waals surface area (Å²) in [5.41, 5.74) is -1.65. The summed E-state index contributed by atoms with van der Waals surface area (Å²) in [7, 11) is 0. The Balaban J connectivity index is 0.000000845. The topological polar surface area (TPSA) is 114 Å². The molecular weight excluding hydrogens is 260 g/mol. The number of rotatable bonds is 0. The van der Waals surface area contributed by atoms with Crippen molar-refractivity contribution in [1.82, 2.24) is 19.9 Å². The summed E-state index contributed by atoms with van der Waals surface area (Å²) in [6.07, 6.45) is 0. The zero-order valence-corrected chi connectivity index (χ0v) is 8.14. The number of imidazole rings is 1. The number of H-pyrrole nitrogens is 4. The van der Waals surface area contributed by atoms with Crippen LogP contribution in [0.2, 0.25) is 0 Å². The van der Waals surface area contributed by atoms with Crippen molar-refractivity contribution in [2.75, 3.05) is 0 Å². The molecule has 7 nitrogen and oxygen atoms in total. The van der Waals surface area contributed by atoms with Gasteiger partial charge < -0.3 is 0 Å². The molecule has 0 spiro atoms. The predicted molar refractivity (Wildman–Crippen MR) is 40.2 cm³/mol. The van der Waals surface area contributed by atoms with Crippen molar-refractivity contribution in [3.63, 3.8) is 0 Å². The van der Waals surface area contributed by atoms with Crippen LogP contribution >= 0.6 is 0 Å². The number of aromatic nitrogens is 4. The molecule has 0 aliphatic carbocycles. The molecule has 2 aromatic heterocycles. The van der Waals surface area contributed by atoms with Gasteiger partial charge in [0, 0.05) is 21.1 Å². The first-order valence-electron chi connectivity index (χ1n) is 3.11. The van der Waals surface area contributed by atoms with E-state index in [4.69, 9.17) is 0 Å². The maximum absolute atomic E-state index is 10.9. The zero-order valence-electron chi connectivity index (χ0n) is 6.13. The van der Waals surface area contributed by atoms with Gasteiger partial charge in [-0.3, -0.25) is 24.7 Å². The van der Waals surface area contributed by atoms with Crippen LogP contribution in [0.1, 0.15) is 0 Å². The van der Waals surface area contributed by atoms with Gasteiger partial charge in [0.05, 0.1) is 0 Å². The Morgan fingerprint density at radius 2 is 1.31 bits per heavy atom. The van der Waals surface area contributed by atoms with Crippen molar-refractivity contribution in [3.8, 4) is 0 Å². The third-order valence-corrected chi connectivity index (χ3v) is 1.42. The molecule has 0 saturated heterocycles. The monoisotopic (exact) mass is 266 g/mol. The molecule has 2 aromatic rings. The number of nitrogens with one attached hydrogen (secondary N) is 4.